The lowest BCUT2D eigenvalue weighted by atomic mass is 9.87. The van der Waals surface area contributed by atoms with Crippen molar-refractivity contribution in [3.63, 3.8) is 0 Å². The fraction of sp³-hybridized carbons (Fsp3) is 0.295. The van der Waals surface area contributed by atoms with Crippen LogP contribution in [0, 0.1) is 0 Å². The minimum Gasteiger partial charge on any atom is -0.493 e. The normalized spacial score (nSPS) is 18.0. The Bertz CT molecular complexity index is 2220. The van der Waals surface area contributed by atoms with Gasteiger partial charge in [-0.1, -0.05) is 41.9 Å². The zero-order chi connectivity index (χ0) is 37.5. The number of likely N-dealkylation sites (N-methyl/N-ethyl adjacent to an activating group) is 2. The molecule has 0 aliphatic carbocycles. The zero-order valence-electron chi connectivity index (χ0n) is 31.1. The van der Waals surface area contributed by atoms with E-state index in [0.29, 0.717) is 40.9 Å². The number of halogens is 1. The van der Waals surface area contributed by atoms with Crippen LogP contribution in [-0.4, -0.2) is 64.3 Å². The van der Waals surface area contributed by atoms with Gasteiger partial charge in [-0.15, -0.1) is 0 Å². The highest BCUT2D eigenvalue weighted by atomic mass is 35.5. The molecule has 10 heteroatoms. The largest absolute Gasteiger partial charge is 0.493 e. The van der Waals surface area contributed by atoms with Gasteiger partial charge in [-0.25, -0.2) is 4.79 Å². The van der Waals surface area contributed by atoms with Crippen LogP contribution in [-0.2, 0) is 25.7 Å². The van der Waals surface area contributed by atoms with Gasteiger partial charge in [0.1, 0.15) is 5.75 Å². The molecule has 0 radical (unpaired) electrons. The van der Waals surface area contributed by atoms with Crippen LogP contribution >= 0.6 is 11.6 Å². The number of carbonyl (C=O) groups excluding carboxylic acids is 1. The first-order valence-corrected chi connectivity index (χ1v) is 18.6. The Morgan fingerprint density at radius 2 is 1.35 bits per heavy atom. The van der Waals surface area contributed by atoms with Crippen LogP contribution in [0.3, 0.4) is 0 Å². The summed E-state index contributed by atoms with van der Waals surface area (Å²) in [5.74, 6) is 3.42. The number of benzene rings is 5. The Kier molecular flexibility index (Phi) is 9.87. The molecule has 4 aliphatic heterocycles. The van der Waals surface area contributed by atoms with Gasteiger partial charge in [0.15, 0.2) is 34.5 Å². The lowest BCUT2D eigenvalue weighted by Gasteiger charge is -2.37. The number of hydrogen-bond donors (Lipinski definition) is 0. The van der Waals surface area contributed by atoms with Crippen LogP contribution in [0.5, 0.6) is 46.0 Å². The van der Waals surface area contributed by atoms with E-state index in [9.17, 15) is 4.79 Å². The van der Waals surface area contributed by atoms with Gasteiger partial charge in [0.2, 0.25) is 5.75 Å². The van der Waals surface area contributed by atoms with E-state index in [4.69, 9.17) is 40.0 Å². The van der Waals surface area contributed by atoms with Gasteiger partial charge >= 0.3 is 5.97 Å². The lowest BCUT2D eigenvalue weighted by molar-refractivity contribution is 0.0724. The van der Waals surface area contributed by atoms with Crippen molar-refractivity contribution in [3.05, 3.63) is 129 Å². The molecule has 4 heterocycles. The van der Waals surface area contributed by atoms with Crippen molar-refractivity contribution in [1.29, 1.82) is 0 Å². The van der Waals surface area contributed by atoms with Crippen molar-refractivity contribution in [1.82, 2.24) is 9.80 Å². The molecule has 0 fully saturated rings. The van der Waals surface area contributed by atoms with E-state index in [0.717, 1.165) is 60.4 Å². The molecule has 0 spiro atoms. The maximum atomic E-state index is 13.9. The van der Waals surface area contributed by atoms with Gasteiger partial charge in [0.05, 0.1) is 31.9 Å². The number of methoxy groups -OCH3 is 3. The molecule has 0 saturated heterocycles. The molecule has 9 nitrogen and oxygen atoms in total. The fourth-order valence-electron chi connectivity index (χ4n) is 7.95. The standard InChI is InChI=1S/C44H43ClN2O7/c1-46-18-16-28-23-37(50-4)39-25-32(28)34(46)20-26-10-13-30(14-11-26)52-38-22-27(12-15-36(38)49-3)21-35-41-29(17-19-47(35)2)24-40(51-5)42(43(41)53-39)54-44(48)31-8-6-7-9-33(31)45/h6-15,22-25,34-35H,16-21H2,1-5H3/t34-,35-/m0/s1. The summed E-state index contributed by atoms with van der Waals surface area (Å²) in [5, 5.41) is 0.283. The molecule has 9 rings (SSSR count). The molecule has 4 aliphatic rings. The third kappa shape index (κ3) is 6.72. The van der Waals surface area contributed by atoms with Crippen LogP contribution in [0.4, 0.5) is 0 Å². The van der Waals surface area contributed by atoms with Crippen LogP contribution in [0.2, 0.25) is 5.02 Å². The Labute approximate surface area is 320 Å². The summed E-state index contributed by atoms with van der Waals surface area (Å²) in [6, 6.07) is 27.2. The lowest BCUT2D eigenvalue weighted by Crippen LogP contribution is -2.34. The van der Waals surface area contributed by atoms with E-state index in [1.807, 2.05) is 30.3 Å². The fourth-order valence-corrected chi connectivity index (χ4v) is 8.17. The molecule has 278 valence electrons. The number of rotatable bonds is 5. The van der Waals surface area contributed by atoms with Gasteiger partial charge in [0, 0.05) is 30.7 Å². The molecular formula is C44H43ClN2O7. The topological polar surface area (TPSA) is 78.9 Å². The molecule has 0 aromatic heterocycles. The van der Waals surface area contributed by atoms with Crippen LogP contribution in [0.25, 0.3) is 0 Å². The van der Waals surface area contributed by atoms with Crippen LogP contribution < -0.4 is 28.4 Å². The minimum absolute atomic E-state index is 0.0695. The van der Waals surface area contributed by atoms with E-state index >= 15 is 0 Å². The van der Waals surface area contributed by atoms with Gasteiger partial charge < -0.3 is 28.4 Å². The van der Waals surface area contributed by atoms with Crippen molar-refractivity contribution < 1.29 is 33.2 Å². The highest BCUT2D eigenvalue weighted by Gasteiger charge is 2.36. The second-order valence-corrected chi connectivity index (χ2v) is 14.5. The molecule has 5 aromatic carbocycles. The van der Waals surface area contributed by atoms with Gasteiger partial charge in [-0.05, 0) is 122 Å². The number of nitrogens with zero attached hydrogens (tertiary/aromatic N) is 2. The maximum absolute atomic E-state index is 13.9. The third-order valence-corrected chi connectivity index (χ3v) is 11.3. The Hall–Kier alpha value is -5.22. The molecular weight excluding hydrogens is 704 g/mol. The second-order valence-electron chi connectivity index (χ2n) is 14.1. The van der Waals surface area contributed by atoms with Gasteiger partial charge in [-0.2, -0.15) is 0 Å². The number of esters is 1. The number of fused-ring (bicyclic) bond motifs is 2. The summed E-state index contributed by atoms with van der Waals surface area (Å²) in [5.41, 5.74) is 6.73. The van der Waals surface area contributed by atoms with Crippen molar-refractivity contribution in [2.75, 3.05) is 48.5 Å². The third-order valence-electron chi connectivity index (χ3n) is 10.9. The summed E-state index contributed by atoms with van der Waals surface area (Å²) in [6.45, 7) is 1.69. The first-order valence-electron chi connectivity index (χ1n) is 18.2. The van der Waals surface area contributed by atoms with Crippen molar-refractivity contribution in [3.8, 4) is 46.0 Å². The first kappa shape index (κ1) is 35.8. The van der Waals surface area contributed by atoms with Crippen molar-refractivity contribution in [2.24, 2.45) is 0 Å². The van der Waals surface area contributed by atoms with Gasteiger partial charge in [0.25, 0.3) is 0 Å². The smallest absolute Gasteiger partial charge is 0.345 e. The van der Waals surface area contributed by atoms with Gasteiger partial charge in [-0.3, -0.25) is 9.80 Å². The molecule has 5 aromatic rings. The quantitative estimate of drug-likeness (QED) is 0.129. The Balaban J connectivity index is 1.37. The highest BCUT2D eigenvalue weighted by molar-refractivity contribution is 6.33. The second kappa shape index (κ2) is 14.9. The Morgan fingerprint density at radius 1 is 0.704 bits per heavy atom. The first-order chi connectivity index (χ1) is 26.2. The molecule has 0 unspecified atom stereocenters. The average molecular weight is 747 g/mol. The number of carbonyl (C=O) groups is 1. The summed E-state index contributed by atoms with van der Waals surface area (Å²) in [4.78, 5) is 18.6. The zero-order valence-corrected chi connectivity index (χ0v) is 31.9. The molecule has 0 saturated carbocycles. The number of ether oxygens (including phenoxy) is 6. The van der Waals surface area contributed by atoms with Crippen molar-refractivity contribution >= 4 is 17.6 Å². The van der Waals surface area contributed by atoms with E-state index in [2.05, 4.69) is 54.2 Å². The minimum atomic E-state index is -0.624. The van der Waals surface area contributed by atoms with E-state index < -0.39 is 5.97 Å². The molecule has 2 atom stereocenters. The Morgan fingerprint density at radius 3 is 2.09 bits per heavy atom. The summed E-state index contributed by atoms with van der Waals surface area (Å²) in [6.07, 6.45) is 2.97. The summed E-state index contributed by atoms with van der Waals surface area (Å²) < 4.78 is 37.6. The molecule has 54 heavy (non-hydrogen) atoms. The van der Waals surface area contributed by atoms with Crippen LogP contribution in [0.1, 0.15) is 55.8 Å². The molecule has 0 N–H and O–H groups in total. The summed E-state index contributed by atoms with van der Waals surface area (Å²) >= 11 is 6.50. The monoisotopic (exact) mass is 746 g/mol. The molecule has 6 bridgehead atoms. The number of hydrogen-bond acceptors (Lipinski definition) is 9. The van der Waals surface area contributed by atoms with Crippen molar-refractivity contribution in [2.45, 2.75) is 37.8 Å². The SMILES string of the molecule is COc1ccc2cc1Oc1ccc(cc1)C[C@H]1c3cc(c(OC)cc3CCN1C)Oc1c(OC(=O)c3ccccc3Cl)c(OC)cc3c1[C@H](C2)N(C)CC3. The predicted molar refractivity (Wildman–Crippen MR) is 208 cm³/mol. The van der Waals surface area contributed by atoms with E-state index in [-0.39, 0.29) is 28.4 Å². The van der Waals surface area contributed by atoms with E-state index in [1.54, 1.807) is 45.6 Å². The summed E-state index contributed by atoms with van der Waals surface area (Å²) in [7, 11) is 9.13. The highest BCUT2D eigenvalue weighted by Crippen LogP contribution is 2.52. The van der Waals surface area contributed by atoms with E-state index in [1.165, 1.54) is 11.1 Å². The maximum Gasteiger partial charge on any atom is 0.345 e. The molecule has 0 amide bonds. The van der Waals surface area contributed by atoms with Crippen LogP contribution in [0.15, 0.2) is 84.9 Å². The predicted octanol–water partition coefficient (Wildman–Crippen LogP) is 9.03. The average Bonchev–Trinajstić information content (AvgIpc) is 3.18.